The van der Waals surface area contributed by atoms with Gasteiger partial charge in [-0.2, -0.15) is 0 Å². The van der Waals surface area contributed by atoms with E-state index in [1.54, 1.807) is 0 Å². The van der Waals surface area contributed by atoms with Crippen molar-refractivity contribution in [1.82, 2.24) is 0 Å². The van der Waals surface area contributed by atoms with Crippen LogP contribution in [0.15, 0.2) is 60.7 Å². The molecular formula is C37H58O5Si. The molecule has 0 aromatic heterocycles. The topological polar surface area (TPSA) is 61.8 Å². The number of benzene rings is 2. The molecule has 0 spiro atoms. The standard InChI is InChI=1S/C37H58O5Si/c1-30(35(38)40-6)22-14-8-10-16-24-32(25-17-11-9-15-23-31(2)36(39)41-7)42-43(37(3,4)5,33-26-18-12-19-27-33)34-28-20-13-21-29-34/h12-13,18-21,26-32H,8-11,14-17,22-25H2,1-7H3. The normalized spacial score (nSPS) is 14.1. The molecule has 5 nitrogen and oxygen atoms in total. The van der Waals surface area contributed by atoms with Gasteiger partial charge in [0, 0.05) is 6.10 Å². The molecule has 2 unspecified atom stereocenters. The van der Waals surface area contributed by atoms with Crippen LogP contribution in [0.2, 0.25) is 5.04 Å². The summed E-state index contributed by atoms with van der Waals surface area (Å²) in [4.78, 5) is 23.5. The molecule has 0 amide bonds. The lowest BCUT2D eigenvalue weighted by Crippen LogP contribution is -2.67. The Morgan fingerprint density at radius 1 is 0.605 bits per heavy atom. The summed E-state index contributed by atoms with van der Waals surface area (Å²) in [6.07, 6.45) is 12.8. The molecule has 2 atom stereocenters. The van der Waals surface area contributed by atoms with Crippen LogP contribution in [0.4, 0.5) is 0 Å². The lowest BCUT2D eigenvalue weighted by molar-refractivity contribution is -0.145. The van der Waals surface area contributed by atoms with Crippen LogP contribution in [-0.2, 0) is 23.5 Å². The second-order valence-corrected chi connectivity index (χ2v) is 17.5. The molecule has 6 heteroatoms. The molecule has 0 fully saturated rings. The van der Waals surface area contributed by atoms with Crippen LogP contribution in [0.3, 0.4) is 0 Å². The van der Waals surface area contributed by atoms with Gasteiger partial charge in [0.25, 0.3) is 8.32 Å². The molecule has 0 radical (unpaired) electrons. The highest BCUT2D eigenvalue weighted by Gasteiger charge is 2.51. The van der Waals surface area contributed by atoms with Crippen molar-refractivity contribution in [1.29, 1.82) is 0 Å². The van der Waals surface area contributed by atoms with Crippen LogP contribution in [0, 0.1) is 11.8 Å². The van der Waals surface area contributed by atoms with Crippen LogP contribution in [0.5, 0.6) is 0 Å². The van der Waals surface area contributed by atoms with Gasteiger partial charge < -0.3 is 13.9 Å². The molecule has 0 heterocycles. The highest BCUT2D eigenvalue weighted by molar-refractivity contribution is 6.99. The Morgan fingerprint density at radius 2 is 0.953 bits per heavy atom. The quantitative estimate of drug-likeness (QED) is 0.0859. The van der Waals surface area contributed by atoms with Gasteiger partial charge in [-0.3, -0.25) is 9.59 Å². The Bertz CT molecular complexity index is 976. The smallest absolute Gasteiger partial charge is 0.308 e. The number of methoxy groups -OCH3 is 2. The summed E-state index contributed by atoms with van der Waals surface area (Å²) in [6.45, 7) is 11.0. The minimum absolute atomic E-state index is 0.0353. The van der Waals surface area contributed by atoms with Gasteiger partial charge in [-0.25, -0.2) is 0 Å². The Balaban J connectivity index is 2.16. The summed E-state index contributed by atoms with van der Waals surface area (Å²) >= 11 is 0. The van der Waals surface area contributed by atoms with Gasteiger partial charge in [-0.15, -0.1) is 0 Å². The first kappa shape index (κ1) is 36.7. The van der Waals surface area contributed by atoms with E-state index in [1.165, 1.54) is 24.6 Å². The summed E-state index contributed by atoms with van der Waals surface area (Å²) in [6, 6.07) is 21.9. The van der Waals surface area contributed by atoms with Gasteiger partial charge in [0.2, 0.25) is 0 Å². The molecule has 0 saturated carbocycles. The van der Waals surface area contributed by atoms with E-state index in [9.17, 15) is 9.59 Å². The third kappa shape index (κ3) is 11.5. The minimum atomic E-state index is -2.63. The molecule has 2 rings (SSSR count). The third-order valence-corrected chi connectivity index (χ3v) is 13.9. The van der Waals surface area contributed by atoms with Crippen LogP contribution < -0.4 is 10.4 Å². The second-order valence-electron chi connectivity index (χ2n) is 13.2. The number of ether oxygens (including phenoxy) is 2. The largest absolute Gasteiger partial charge is 0.469 e. The zero-order valence-corrected chi connectivity index (χ0v) is 29.0. The summed E-state index contributed by atoms with van der Waals surface area (Å²) in [7, 11) is 0.302. The number of esters is 2. The van der Waals surface area contributed by atoms with Crippen molar-refractivity contribution in [3.05, 3.63) is 60.7 Å². The zero-order chi connectivity index (χ0) is 31.7. The van der Waals surface area contributed by atoms with Gasteiger partial charge in [0.15, 0.2) is 0 Å². The summed E-state index contributed by atoms with van der Waals surface area (Å²) in [5.74, 6) is -0.296. The van der Waals surface area contributed by atoms with E-state index in [-0.39, 0.29) is 34.9 Å². The second kappa shape index (κ2) is 19.1. The van der Waals surface area contributed by atoms with Crippen molar-refractivity contribution in [3.63, 3.8) is 0 Å². The van der Waals surface area contributed by atoms with Crippen molar-refractivity contribution < 1.29 is 23.5 Å². The van der Waals surface area contributed by atoms with E-state index in [0.29, 0.717) is 0 Å². The average Bonchev–Trinajstić information content (AvgIpc) is 3.01. The molecule has 2 aromatic rings. The van der Waals surface area contributed by atoms with E-state index in [2.05, 4.69) is 81.4 Å². The fourth-order valence-corrected chi connectivity index (χ4v) is 10.9. The lowest BCUT2D eigenvalue weighted by Gasteiger charge is -2.45. The van der Waals surface area contributed by atoms with E-state index in [4.69, 9.17) is 13.9 Å². The number of carbonyl (C=O) groups excluding carboxylic acids is 2. The number of hydrogen-bond donors (Lipinski definition) is 0. The van der Waals surface area contributed by atoms with E-state index in [1.807, 2.05) is 13.8 Å². The molecule has 0 aliphatic heterocycles. The maximum atomic E-state index is 11.8. The van der Waals surface area contributed by atoms with E-state index < -0.39 is 8.32 Å². The predicted octanol–water partition coefficient (Wildman–Crippen LogP) is 8.23. The van der Waals surface area contributed by atoms with Gasteiger partial charge in [-0.1, -0.05) is 147 Å². The number of unbranched alkanes of at least 4 members (excludes halogenated alkanes) is 6. The van der Waals surface area contributed by atoms with Gasteiger partial charge in [-0.05, 0) is 41.1 Å². The third-order valence-electron chi connectivity index (χ3n) is 8.79. The summed E-state index contributed by atoms with van der Waals surface area (Å²) in [5.41, 5.74) is 0. The highest BCUT2D eigenvalue weighted by atomic mass is 28.4. The molecule has 0 aliphatic rings. The minimum Gasteiger partial charge on any atom is -0.469 e. The molecule has 0 aliphatic carbocycles. The highest BCUT2D eigenvalue weighted by Crippen LogP contribution is 2.38. The SMILES string of the molecule is COC(=O)C(C)CCCCCCC(CCCCCCC(C)C(=O)OC)O[Si](c1ccccc1)(c1ccccc1)C(C)(C)C. The Labute approximate surface area is 263 Å². The Kier molecular flexibility index (Phi) is 16.3. The van der Waals surface area contributed by atoms with Crippen LogP contribution in [0.1, 0.15) is 112 Å². The summed E-state index contributed by atoms with van der Waals surface area (Å²) in [5, 5.41) is 2.60. The predicted molar refractivity (Wildman–Crippen MR) is 180 cm³/mol. The maximum Gasteiger partial charge on any atom is 0.308 e. The summed E-state index contributed by atoms with van der Waals surface area (Å²) < 4.78 is 17.3. The number of rotatable bonds is 20. The molecule has 43 heavy (non-hydrogen) atoms. The van der Waals surface area contributed by atoms with Crippen molar-refractivity contribution in [2.45, 2.75) is 123 Å². The molecule has 0 N–H and O–H groups in total. The monoisotopic (exact) mass is 610 g/mol. The Morgan fingerprint density at radius 3 is 1.28 bits per heavy atom. The molecule has 0 bridgehead atoms. The Hall–Kier alpha value is -2.44. The zero-order valence-electron chi connectivity index (χ0n) is 28.0. The van der Waals surface area contributed by atoms with Gasteiger partial charge >= 0.3 is 11.9 Å². The number of carbonyl (C=O) groups is 2. The first-order valence-corrected chi connectivity index (χ1v) is 18.4. The van der Waals surface area contributed by atoms with Crippen LogP contribution in [0.25, 0.3) is 0 Å². The van der Waals surface area contributed by atoms with Crippen molar-refractivity contribution in [2.24, 2.45) is 11.8 Å². The van der Waals surface area contributed by atoms with Crippen LogP contribution >= 0.6 is 0 Å². The van der Waals surface area contributed by atoms with Crippen molar-refractivity contribution in [2.75, 3.05) is 14.2 Å². The van der Waals surface area contributed by atoms with Crippen molar-refractivity contribution in [3.8, 4) is 0 Å². The first-order valence-electron chi connectivity index (χ1n) is 16.5. The molecule has 2 aromatic carbocycles. The van der Waals surface area contributed by atoms with Gasteiger partial charge in [0.1, 0.15) is 0 Å². The fourth-order valence-electron chi connectivity index (χ4n) is 6.19. The molecular weight excluding hydrogens is 552 g/mol. The first-order chi connectivity index (χ1) is 20.6. The van der Waals surface area contributed by atoms with E-state index >= 15 is 0 Å². The maximum absolute atomic E-state index is 11.8. The van der Waals surface area contributed by atoms with Gasteiger partial charge in [0.05, 0.1) is 26.1 Å². The van der Waals surface area contributed by atoms with Crippen molar-refractivity contribution >= 4 is 30.6 Å². The van der Waals surface area contributed by atoms with E-state index in [0.717, 1.165) is 77.0 Å². The fraction of sp³-hybridized carbons (Fsp3) is 0.622. The molecule has 0 saturated heterocycles. The van der Waals surface area contributed by atoms with Crippen LogP contribution in [-0.4, -0.2) is 40.6 Å². The lowest BCUT2D eigenvalue weighted by atomic mass is 9.99. The average molecular weight is 611 g/mol. The molecule has 240 valence electrons. The number of hydrogen-bond acceptors (Lipinski definition) is 5.